The van der Waals surface area contributed by atoms with E-state index in [1.807, 2.05) is 0 Å². The van der Waals surface area contributed by atoms with Crippen LogP contribution < -0.4 is 4.90 Å². The summed E-state index contributed by atoms with van der Waals surface area (Å²) in [6.45, 7) is 0. The second kappa shape index (κ2) is 7.80. The number of nitrogens with zero attached hydrogens (tertiary/aromatic N) is 2. The SMILES string of the molecule is O=C(O)CCC(=O)N=C1S[C@H]2CS(=O)(=O)C[C@@H]2N1c1cc(C(F)(F)F)ccc1Cl. The topological polar surface area (TPSA) is 104 Å². The van der Waals surface area contributed by atoms with Crippen LogP contribution >= 0.6 is 23.4 Å². The summed E-state index contributed by atoms with van der Waals surface area (Å²) in [7, 11) is -3.42. The van der Waals surface area contributed by atoms with Crippen LogP contribution in [0, 0.1) is 0 Å². The molecule has 0 aliphatic carbocycles. The number of alkyl halides is 3. The molecule has 0 spiro atoms. The van der Waals surface area contributed by atoms with Gasteiger partial charge in [-0.15, -0.1) is 0 Å². The molecule has 1 N–H and O–H groups in total. The number of carboxylic acid groups (broad SMARTS) is 1. The van der Waals surface area contributed by atoms with E-state index in [0.29, 0.717) is 0 Å². The van der Waals surface area contributed by atoms with E-state index in [1.54, 1.807) is 0 Å². The van der Waals surface area contributed by atoms with Crippen molar-refractivity contribution < 1.29 is 36.3 Å². The second-order valence-corrected chi connectivity index (χ2v) is 10.3. The van der Waals surface area contributed by atoms with Gasteiger partial charge in [0.05, 0.1) is 40.2 Å². The number of carboxylic acids is 1. The normalized spacial score (nSPS) is 24.7. The molecule has 0 aromatic heterocycles. The molecule has 0 bridgehead atoms. The largest absolute Gasteiger partial charge is 0.481 e. The summed E-state index contributed by atoms with van der Waals surface area (Å²) in [6, 6.07) is 1.89. The minimum atomic E-state index is -4.65. The van der Waals surface area contributed by atoms with Gasteiger partial charge in [0.2, 0.25) is 5.91 Å². The number of aliphatic imine (C=N–C) groups is 1. The van der Waals surface area contributed by atoms with Crippen molar-refractivity contribution in [3.05, 3.63) is 28.8 Å². The maximum absolute atomic E-state index is 13.2. The van der Waals surface area contributed by atoms with Gasteiger partial charge in [-0.25, -0.2) is 8.42 Å². The maximum atomic E-state index is 13.2. The summed E-state index contributed by atoms with van der Waals surface area (Å²) in [4.78, 5) is 27.7. The van der Waals surface area contributed by atoms with E-state index >= 15 is 0 Å². The zero-order valence-electron chi connectivity index (χ0n) is 14.5. The van der Waals surface area contributed by atoms with Gasteiger partial charge < -0.3 is 10.0 Å². The number of amidine groups is 1. The highest BCUT2D eigenvalue weighted by Gasteiger charge is 2.50. The van der Waals surface area contributed by atoms with Crippen molar-refractivity contribution in [2.24, 2.45) is 4.99 Å². The molecule has 1 aromatic carbocycles. The van der Waals surface area contributed by atoms with Gasteiger partial charge in [0.15, 0.2) is 15.0 Å². The number of sulfone groups is 1. The molecule has 2 atom stereocenters. The lowest BCUT2D eigenvalue weighted by Crippen LogP contribution is -2.38. The fourth-order valence-corrected chi connectivity index (χ4v) is 7.23. The highest BCUT2D eigenvalue weighted by molar-refractivity contribution is 8.16. The summed E-state index contributed by atoms with van der Waals surface area (Å²) in [5, 5.41) is 8.09. The fourth-order valence-electron chi connectivity index (χ4n) is 3.10. The third-order valence-corrected chi connectivity index (χ3v) is 7.90. The number of aliphatic carboxylic acids is 1. The lowest BCUT2D eigenvalue weighted by Gasteiger charge is -2.26. The quantitative estimate of drug-likeness (QED) is 0.721. The molecule has 158 valence electrons. The lowest BCUT2D eigenvalue weighted by atomic mass is 10.1. The highest BCUT2D eigenvalue weighted by Crippen LogP contribution is 2.44. The third kappa shape index (κ3) is 4.86. The summed E-state index contributed by atoms with van der Waals surface area (Å²) in [5.74, 6) is -2.50. The van der Waals surface area contributed by atoms with Gasteiger partial charge in [-0.1, -0.05) is 23.4 Å². The third-order valence-electron chi connectivity index (χ3n) is 4.37. The Morgan fingerprint density at radius 2 is 1.97 bits per heavy atom. The second-order valence-electron chi connectivity index (χ2n) is 6.52. The molecule has 7 nitrogen and oxygen atoms in total. The zero-order chi connectivity index (χ0) is 21.6. The van der Waals surface area contributed by atoms with Gasteiger partial charge in [-0.2, -0.15) is 18.2 Å². The van der Waals surface area contributed by atoms with Crippen molar-refractivity contribution in [2.75, 3.05) is 16.4 Å². The van der Waals surface area contributed by atoms with E-state index < -0.39 is 57.6 Å². The fraction of sp³-hybridized carbons (Fsp3) is 0.438. The van der Waals surface area contributed by atoms with Gasteiger partial charge in [-0.05, 0) is 18.2 Å². The summed E-state index contributed by atoms with van der Waals surface area (Å²) in [5.41, 5.74) is -1.09. The molecule has 0 unspecified atom stereocenters. The van der Waals surface area contributed by atoms with Crippen LogP contribution in [0.4, 0.5) is 18.9 Å². The minimum absolute atomic E-state index is 0.00603. The molecule has 2 saturated heterocycles. The number of amides is 1. The van der Waals surface area contributed by atoms with E-state index in [4.69, 9.17) is 16.7 Å². The molecule has 2 fully saturated rings. The molecule has 0 saturated carbocycles. The van der Waals surface area contributed by atoms with Crippen LogP contribution in [0.2, 0.25) is 5.02 Å². The van der Waals surface area contributed by atoms with Gasteiger partial charge in [0, 0.05) is 11.7 Å². The molecule has 29 heavy (non-hydrogen) atoms. The number of carbonyl (C=O) groups excluding carboxylic acids is 1. The van der Waals surface area contributed by atoms with Crippen molar-refractivity contribution in [3.8, 4) is 0 Å². The Kier molecular flexibility index (Phi) is 5.89. The first kappa shape index (κ1) is 21.9. The molecule has 0 radical (unpaired) electrons. The van der Waals surface area contributed by atoms with Gasteiger partial charge in [-0.3, -0.25) is 9.59 Å². The molecule has 1 aromatic rings. The monoisotopic (exact) mass is 470 g/mol. The van der Waals surface area contributed by atoms with Gasteiger partial charge >= 0.3 is 12.1 Å². The predicted octanol–water partition coefficient (Wildman–Crippen LogP) is 2.83. The lowest BCUT2D eigenvalue weighted by molar-refractivity contribution is -0.138. The van der Waals surface area contributed by atoms with E-state index in [-0.39, 0.29) is 27.4 Å². The number of halogens is 4. The van der Waals surface area contributed by atoms with Crippen LogP contribution in [0.1, 0.15) is 18.4 Å². The molecule has 2 heterocycles. The molecule has 1 amide bonds. The van der Waals surface area contributed by atoms with Crippen LogP contribution in [-0.2, 0) is 25.6 Å². The number of fused-ring (bicyclic) bond motifs is 1. The molecule has 13 heteroatoms. The van der Waals surface area contributed by atoms with E-state index in [9.17, 15) is 31.2 Å². The molecular formula is C16H14ClF3N2O5S2. The van der Waals surface area contributed by atoms with E-state index in [1.165, 1.54) is 4.90 Å². The molecule has 2 aliphatic rings. The zero-order valence-corrected chi connectivity index (χ0v) is 16.9. The first-order valence-corrected chi connectivity index (χ1v) is 11.3. The number of thioether (sulfide) groups is 1. The van der Waals surface area contributed by atoms with Crippen molar-refractivity contribution in [1.82, 2.24) is 0 Å². The number of hydrogen-bond acceptors (Lipinski definition) is 5. The van der Waals surface area contributed by atoms with Gasteiger partial charge in [0.25, 0.3) is 0 Å². The number of anilines is 1. The molecular weight excluding hydrogens is 457 g/mol. The Balaban J connectivity index is 2.03. The number of carbonyl (C=O) groups is 2. The molecule has 3 rings (SSSR count). The van der Waals surface area contributed by atoms with Crippen LogP contribution in [0.25, 0.3) is 0 Å². The first-order chi connectivity index (χ1) is 13.4. The number of rotatable bonds is 4. The average molecular weight is 471 g/mol. The Bertz CT molecular complexity index is 997. The molecule has 2 aliphatic heterocycles. The Hall–Kier alpha value is -1.79. The van der Waals surface area contributed by atoms with Crippen molar-refractivity contribution in [2.45, 2.75) is 30.3 Å². The average Bonchev–Trinajstić information content (AvgIpc) is 3.03. The predicted molar refractivity (Wildman–Crippen MR) is 102 cm³/mol. The van der Waals surface area contributed by atoms with Crippen molar-refractivity contribution in [1.29, 1.82) is 0 Å². The first-order valence-electron chi connectivity index (χ1n) is 8.24. The van der Waals surface area contributed by atoms with Crippen molar-refractivity contribution >= 4 is 55.9 Å². The Labute approximate surface area is 172 Å². The number of benzene rings is 1. The highest BCUT2D eigenvalue weighted by atomic mass is 35.5. The smallest absolute Gasteiger partial charge is 0.416 e. The van der Waals surface area contributed by atoms with E-state index in [0.717, 1.165) is 30.0 Å². The van der Waals surface area contributed by atoms with E-state index in [2.05, 4.69) is 4.99 Å². The van der Waals surface area contributed by atoms with Crippen LogP contribution in [0.3, 0.4) is 0 Å². The van der Waals surface area contributed by atoms with Crippen LogP contribution in [0.5, 0.6) is 0 Å². The van der Waals surface area contributed by atoms with Crippen molar-refractivity contribution in [3.63, 3.8) is 0 Å². The number of hydrogen-bond donors (Lipinski definition) is 1. The maximum Gasteiger partial charge on any atom is 0.416 e. The Morgan fingerprint density at radius 3 is 2.59 bits per heavy atom. The standard InChI is InChI=1S/C16H14ClF3N2O5S2/c17-9-2-1-8(16(18,19)20)5-10(9)22-11-6-29(26,27)7-12(11)28-15(22)21-13(23)3-4-14(24)25/h1-2,5,11-12H,3-4,6-7H2,(H,24,25)/t11-,12-/m0/s1. The van der Waals surface area contributed by atoms with Crippen LogP contribution in [-0.4, -0.2) is 53.4 Å². The summed E-state index contributed by atoms with van der Waals surface area (Å²) < 4.78 is 63.5. The van der Waals surface area contributed by atoms with Crippen LogP contribution in [0.15, 0.2) is 23.2 Å². The Morgan fingerprint density at radius 1 is 1.28 bits per heavy atom. The van der Waals surface area contributed by atoms with Gasteiger partial charge in [0.1, 0.15) is 0 Å². The summed E-state index contributed by atoms with van der Waals surface area (Å²) in [6.07, 6.45) is -5.50. The summed E-state index contributed by atoms with van der Waals surface area (Å²) >= 11 is 7.07. The minimum Gasteiger partial charge on any atom is -0.481 e.